The van der Waals surface area contributed by atoms with Crippen molar-refractivity contribution in [3.05, 3.63) is 83.7 Å². The van der Waals surface area contributed by atoms with E-state index in [2.05, 4.69) is 68.8 Å². The minimum Gasteiger partial charge on any atom is -0.455 e. The Labute approximate surface area is 284 Å². The third-order valence-electron chi connectivity index (χ3n) is 11.9. The van der Waals surface area contributed by atoms with Crippen LogP contribution in [0.15, 0.2) is 67.0 Å². The van der Waals surface area contributed by atoms with Gasteiger partial charge in [0.15, 0.2) is 6.29 Å². The minimum atomic E-state index is 0.431. The van der Waals surface area contributed by atoms with Gasteiger partial charge in [-0.25, -0.2) is 4.98 Å². The van der Waals surface area contributed by atoms with E-state index in [-0.39, 0.29) is 0 Å². The Morgan fingerprint density at radius 3 is 2.58 bits per heavy atom. The van der Waals surface area contributed by atoms with E-state index in [4.69, 9.17) is 9.47 Å². The fraction of sp³-hybridized carbons (Fsp3) is 0.500. The van der Waals surface area contributed by atoms with Gasteiger partial charge >= 0.3 is 0 Å². The summed E-state index contributed by atoms with van der Waals surface area (Å²) in [6.45, 7) is 12.0. The lowest BCUT2D eigenvalue weighted by Crippen LogP contribution is -2.61. The van der Waals surface area contributed by atoms with Crippen molar-refractivity contribution in [3.63, 3.8) is 0 Å². The summed E-state index contributed by atoms with van der Waals surface area (Å²) in [4.78, 5) is 27.6. The number of fused-ring (bicyclic) bond motifs is 1. The number of carbonyl (C=O) groups excluding carboxylic acids is 1. The van der Waals surface area contributed by atoms with E-state index < -0.39 is 0 Å². The van der Waals surface area contributed by atoms with Gasteiger partial charge in [0.05, 0.1) is 11.8 Å². The molecule has 8 nitrogen and oxygen atoms in total. The third kappa shape index (κ3) is 6.14. The number of ether oxygens (including phenoxy) is 2. The first-order valence-corrected chi connectivity index (χ1v) is 18.1. The monoisotopic (exact) mass is 647 g/mol. The van der Waals surface area contributed by atoms with E-state index in [9.17, 15) is 4.79 Å². The molecule has 1 unspecified atom stereocenters. The smallest absolute Gasteiger partial charge is 0.153 e. The average Bonchev–Trinajstić information content (AvgIpc) is 3.59. The summed E-state index contributed by atoms with van der Waals surface area (Å²) in [7, 11) is 0. The van der Waals surface area contributed by atoms with Crippen molar-refractivity contribution in [2.45, 2.75) is 76.4 Å². The molecule has 4 aromatic rings. The number of anilines is 1. The maximum Gasteiger partial charge on any atom is 0.153 e. The van der Waals surface area contributed by atoms with Crippen LogP contribution in [0.5, 0.6) is 11.5 Å². The van der Waals surface area contributed by atoms with Gasteiger partial charge < -0.3 is 19.4 Å². The van der Waals surface area contributed by atoms with Crippen LogP contribution in [0.3, 0.4) is 0 Å². The number of aromatic nitrogens is 2. The number of H-pyrrole nitrogens is 1. The number of piperazine rings is 1. The molecule has 0 amide bonds. The van der Waals surface area contributed by atoms with Crippen LogP contribution in [0.4, 0.5) is 5.69 Å². The number of carbonyl (C=O) groups is 1. The summed E-state index contributed by atoms with van der Waals surface area (Å²) in [6, 6.07) is 20.9. The van der Waals surface area contributed by atoms with Gasteiger partial charge in [0.2, 0.25) is 0 Å². The lowest BCUT2D eigenvalue weighted by Gasteiger charge is -2.59. The van der Waals surface area contributed by atoms with Crippen molar-refractivity contribution in [1.82, 2.24) is 19.8 Å². The van der Waals surface area contributed by atoms with Gasteiger partial charge in [0.1, 0.15) is 17.1 Å². The quantitative estimate of drug-likeness (QED) is 0.198. The molecule has 2 aromatic heterocycles. The van der Waals surface area contributed by atoms with E-state index in [0.717, 1.165) is 75.2 Å². The van der Waals surface area contributed by atoms with E-state index in [0.29, 0.717) is 46.5 Å². The summed E-state index contributed by atoms with van der Waals surface area (Å²) in [5.74, 6) is 1.73. The number of pyridine rings is 1. The van der Waals surface area contributed by atoms with Gasteiger partial charge in [-0.1, -0.05) is 38.1 Å². The molecule has 8 rings (SSSR count). The molecule has 3 saturated heterocycles. The highest BCUT2D eigenvalue weighted by molar-refractivity contribution is 5.81. The number of rotatable bonds is 8. The normalized spacial score (nSPS) is 22.7. The summed E-state index contributed by atoms with van der Waals surface area (Å²) in [5.41, 5.74) is 5.97. The Morgan fingerprint density at radius 2 is 1.79 bits per heavy atom. The molecular formula is C40H49N5O3. The Hall–Kier alpha value is -3.72. The zero-order valence-electron chi connectivity index (χ0n) is 28.4. The molecule has 48 heavy (non-hydrogen) atoms. The zero-order chi connectivity index (χ0) is 32.7. The first kappa shape index (κ1) is 31.5. The van der Waals surface area contributed by atoms with Crippen molar-refractivity contribution >= 4 is 23.0 Å². The number of benzene rings is 2. The molecule has 4 fully saturated rings. The van der Waals surface area contributed by atoms with Crippen LogP contribution >= 0.6 is 0 Å². The van der Waals surface area contributed by atoms with Gasteiger partial charge in [-0.05, 0) is 85.3 Å². The predicted molar refractivity (Wildman–Crippen MR) is 190 cm³/mol. The molecule has 8 heteroatoms. The van der Waals surface area contributed by atoms with Gasteiger partial charge in [0.25, 0.3) is 0 Å². The fourth-order valence-electron chi connectivity index (χ4n) is 9.08. The topological polar surface area (TPSA) is 73.9 Å². The van der Waals surface area contributed by atoms with Crippen LogP contribution in [-0.4, -0.2) is 84.1 Å². The maximum absolute atomic E-state index is 11.9. The van der Waals surface area contributed by atoms with Crippen molar-refractivity contribution in [1.29, 1.82) is 0 Å². The number of aldehydes is 1. The van der Waals surface area contributed by atoms with Crippen LogP contribution in [0, 0.1) is 5.41 Å². The largest absolute Gasteiger partial charge is 0.455 e. The van der Waals surface area contributed by atoms with Gasteiger partial charge in [-0.15, -0.1) is 0 Å². The SMILES string of the molecule is CC(C)c1ccccc1C1CN(C2CCOCC2)CCN1C1CC2(CCN(c3ccc(C=O)c(Oc4cnc5[nH]ccc5c4)c3)CC2)C1. The number of hydrogen-bond donors (Lipinski definition) is 1. The summed E-state index contributed by atoms with van der Waals surface area (Å²) < 4.78 is 12.0. The van der Waals surface area contributed by atoms with Gasteiger partial charge in [-0.3, -0.25) is 14.6 Å². The van der Waals surface area contributed by atoms with Crippen molar-refractivity contribution in [2.75, 3.05) is 50.8 Å². The molecule has 2 aromatic carbocycles. The Bertz CT molecular complexity index is 1730. The third-order valence-corrected chi connectivity index (χ3v) is 11.9. The summed E-state index contributed by atoms with van der Waals surface area (Å²) >= 11 is 0. The number of aromatic amines is 1. The molecule has 0 bridgehead atoms. The highest BCUT2D eigenvalue weighted by Crippen LogP contribution is 2.53. The Kier molecular flexibility index (Phi) is 8.74. The van der Waals surface area contributed by atoms with E-state index in [1.54, 1.807) is 11.8 Å². The average molecular weight is 648 g/mol. The molecule has 5 heterocycles. The summed E-state index contributed by atoms with van der Waals surface area (Å²) in [5, 5.41) is 0.980. The Balaban J connectivity index is 0.941. The van der Waals surface area contributed by atoms with Crippen LogP contribution < -0.4 is 9.64 Å². The molecule has 4 aliphatic rings. The predicted octanol–water partition coefficient (Wildman–Crippen LogP) is 7.58. The number of nitrogens with zero attached hydrogens (tertiary/aromatic N) is 4. The van der Waals surface area contributed by atoms with E-state index in [1.165, 1.54) is 37.8 Å². The number of piperidine rings is 1. The summed E-state index contributed by atoms with van der Waals surface area (Å²) in [6.07, 6.45) is 11.8. The maximum atomic E-state index is 11.9. The number of hydrogen-bond acceptors (Lipinski definition) is 7. The van der Waals surface area contributed by atoms with Crippen molar-refractivity contribution in [3.8, 4) is 11.5 Å². The second-order valence-electron chi connectivity index (χ2n) is 15.0. The first-order chi connectivity index (χ1) is 23.5. The minimum absolute atomic E-state index is 0.431. The molecule has 1 atom stereocenters. The molecule has 1 saturated carbocycles. The van der Waals surface area contributed by atoms with Crippen molar-refractivity contribution < 1.29 is 14.3 Å². The van der Waals surface area contributed by atoms with Crippen LogP contribution in [-0.2, 0) is 4.74 Å². The Morgan fingerprint density at radius 1 is 0.979 bits per heavy atom. The molecule has 1 aliphatic carbocycles. The zero-order valence-corrected chi connectivity index (χ0v) is 28.4. The van der Waals surface area contributed by atoms with Crippen LogP contribution in [0.2, 0.25) is 0 Å². The first-order valence-electron chi connectivity index (χ1n) is 18.1. The molecule has 0 radical (unpaired) electrons. The van der Waals surface area contributed by atoms with Crippen molar-refractivity contribution in [2.24, 2.45) is 5.41 Å². The van der Waals surface area contributed by atoms with Crippen LogP contribution in [0.1, 0.15) is 85.8 Å². The molecule has 1 spiro atoms. The van der Waals surface area contributed by atoms with Gasteiger partial charge in [-0.2, -0.15) is 0 Å². The molecule has 3 aliphatic heterocycles. The highest BCUT2D eigenvalue weighted by atomic mass is 16.5. The molecule has 1 N–H and O–H groups in total. The second-order valence-corrected chi connectivity index (χ2v) is 15.0. The standard InChI is InChI=1S/C40H49N5O3/c1-28(2)35-5-3-4-6-36(35)37-26-44(31-10-19-47-20-11-31)17-18-45(37)33-23-40(24-33)12-15-43(16-13-40)32-8-7-30(27-46)38(22-32)48-34-21-29-9-14-41-39(29)42-25-34/h3-9,14,21-22,25,27-28,31,33,37H,10-13,15-20,23-24,26H2,1-2H3,(H,41,42). The lowest BCUT2D eigenvalue weighted by atomic mass is 9.59. The second kappa shape index (κ2) is 13.3. The number of nitrogens with one attached hydrogen (secondary N) is 1. The molecule has 252 valence electrons. The lowest BCUT2D eigenvalue weighted by molar-refractivity contribution is -0.0751. The van der Waals surface area contributed by atoms with E-state index in [1.807, 2.05) is 30.5 Å². The fourth-order valence-corrected chi connectivity index (χ4v) is 9.08. The van der Waals surface area contributed by atoms with Gasteiger partial charge in [0, 0.05) is 87.4 Å². The van der Waals surface area contributed by atoms with Crippen LogP contribution in [0.25, 0.3) is 11.0 Å². The van der Waals surface area contributed by atoms with E-state index >= 15 is 0 Å². The highest BCUT2D eigenvalue weighted by Gasteiger charge is 2.50. The molecular weight excluding hydrogens is 598 g/mol.